The first-order chi connectivity index (χ1) is 10.9. The number of allylic oxidation sites excluding steroid dienone is 4. The molecule has 0 aromatic heterocycles. The predicted molar refractivity (Wildman–Crippen MR) is 100 cm³/mol. The van der Waals surface area contributed by atoms with Gasteiger partial charge in [-0.2, -0.15) is 0 Å². The van der Waals surface area contributed by atoms with Gasteiger partial charge < -0.3 is 16.1 Å². The average molecular weight is 304 g/mol. The van der Waals surface area contributed by atoms with Crippen LogP contribution in [0, 0.1) is 0 Å². The standard InChI is InChI=1S/2C10H9N.H2O/c2*1-2-7-10-9(5-1)6-3-4-8-11-10;/h2*1-8,11H;1H2. The van der Waals surface area contributed by atoms with Crippen LogP contribution in [0.4, 0.5) is 11.4 Å². The first-order valence-electron chi connectivity index (χ1n) is 7.31. The molecule has 2 aromatic rings. The van der Waals surface area contributed by atoms with Crippen molar-refractivity contribution in [2.24, 2.45) is 0 Å². The van der Waals surface area contributed by atoms with Crippen LogP contribution in [-0.2, 0) is 0 Å². The predicted octanol–water partition coefficient (Wildman–Crippen LogP) is 4.45. The van der Waals surface area contributed by atoms with Crippen molar-refractivity contribution in [3.8, 4) is 0 Å². The van der Waals surface area contributed by atoms with Crippen LogP contribution >= 0.6 is 0 Å². The van der Waals surface area contributed by atoms with Gasteiger partial charge in [0.2, 0.25) is 0 Å². The van der Waals surface area contributed by atoms with Gasteiger partial charge in [-0.15, -0.1) is 0 Å². The van der Waals surface area contributed by atoms with E-state index in [9.17, 15) is 0 Å². The summed E-state index contributed by atoms with van der Waals surface area (Å²) in [5.74, 6) is 0. The van der Waals surface area contributed by atoms with Crippen molar-refractivity contribution in [1.29, 1.82) is 0 Å². The molecule has 0 aliphatic carbocycles. The SMILES string of the molecule is C1=CNc2ccccc2C=C1.C1=CNc2ccccc2C=C1.O. The van der Waals surface area contributed by atoms with Gasteiger partial charge >= 0.3 is 0 Å². The largest absolute Gasteiger partial charge is 0.412 e. The van der Waals surface area contributed by atoms with Crippen molar-refractivity contribution in [1.82, 2.24) is 0 Å². The van der Waals surface area contributed by atoms with E-state index in [-0.39, 0.29) is 5.48 Å². The molecule has 0 spiro atoms. The zero-order valence-corrected chi connectivity index (χ0v) is 12.7. The van der Waals surface area contributed by atoms with Crippen LogP contribution in [0.1, 0.15) is 11.1 Å². The molecule has 2 aliphatic rings. The lowest BCUT2D eigenvalue weighted by molar-refractivity contribution is 0.824. The Morgan fingerprint density at radius 3 is 1.43 bits per heavy atom. The first-order valence-corrected chi connectivity index (χ1v) is 7.31. The topological polar surface area (TPSA) is 55.6 Å². The minimum atomic E-state index is 0. The van der Waals surface area contributed by atoms with E-state index in [4.69, 9.17) is 0 Å². The summed E-state index contributed by atoms with van der Waals surface area (Å²) >= 11 is 0. The van der Waals surface area contributed by atoms with Gasteiger partial charge in [0.25, 0.3) is 0 Å². The van der Waals surface area contributed by atoms with Gasteiger partial charge in [0.15, 0.2) is 0 Å². The third kappa shape index (κ3) is 4.46. The zero-order chi connectivity index (χ0) is 15.0. The maximum Gasteiger partial charge on any atom is 0.0453 e. The van der Waals surface area contributed by atoms with Gasteiger partial charge in [-0.3, -0.25) is 0 Å². The van der Waals surface area contributed by atoms with Gasteiger partial charge in [-0.1, -0.05) is 60.7 Å². The molecule has 0 fully saturated rings. The highest BCUT2D eigenvalue weighted by Crippen LogP contribution is 2.18. The lowest BCUT2D eigenvalue weighted by Crippen LogP contribution is -1.87. The fraction of sp³-hybridized carbons (Fsp3) is 0. The van der Waals surface area contributed by atoms with E-state index >= 15 is 0 Å². The molecule has 4 N–H and O–H groups in total. The number of rotatable bonds is 0. The Kier molecular flexibility index (Phi) is 5.98. The van der Waals surface area contributed by atoms with Crippen LogP contribution in [-0.4, -0.2) is 5.48 Å². The smallest absolute Gasteiger partial charge is 0.0453 e. The van der Waals surface area contributed by atoms with Crippen molar-refractivity contribution in [2.45, 2.75) is 0 Å². The molecular weight excluding hydrogens is 284 g/mol. The highest BCUT2D eigenvalue weighted by Gasteiger charge is 1.96. The van der Waals surface area contributed by atoms with Crippen LogP contribution < -0.4 is 10.6 Å². The molecule has 0 saturated carbocycles. The van der Waals surface area contributed by atoms with Gasteiger partial charge in [0, 0.05) is 23.8 Å². The minimum Gasteiger partial charge on any atom is -0.412 e. The van der Waals surface area contributed by atoms with Crippen LogP contribution in [0.15, 0.2) is 85.2 Å². The second-order valence-electron chi connectivity index (χ2n) is 4.90. The Labute approximate surface area is 136 Å². The van der Waals surface area contributed by atoms with Crippen molar-refractivity contribution in [3.05, 3.63) is 96.4 Å². The van der Waals surface area contributed by atoms with Crippen molar-refractivity contribution < 1.29 is 5.48 Å². The van der Waals surface area contributed by atoms with Crippen LogP contribution in [0.25, 0.3) is 12.2 Å². The molecule has 116 valence electrons. The number of anilines is 2. The van der Waals surface area contributed by atoms with Gasteiger partial charge in [-0.05, 0) is 35.4 Å². The highest BCUT2D eigenvalue weighted by molar-refractivity contribution is 5.70. The molecule has 0 radical (unpaired) electrons. The number of nitrogens with one attached hydrogen (secondary N) is 2. The molecule has 4 rings (SSSR count). The van der Waals surface area contributed by atoms with E-state index in [0.717, 1.165) is 11.4 Å². The summed E-state index contributed by atoms with van der Waals surface area (Å²) in [6.45, 7) is 0. The molecule has 3 heteroatoms. The third-order valence-electron chi connectivity index (χ3n) is 3.37. The molecule has 2 aromatic carbocycles. The van der Waals surface area contributed by atoms with E-state index in [1.54, 1.807) is 0 Å². The highest BCUT2D eigenvalue weighted by atomic mass is 16.0. The molecule has 0 bridgehead atoms. The average Bonchev–Trinajstić information content (AvgIpc) is 2.95. The summed E-state index contributed by atoms with van der Waals surface area (Å²) in [6, 6.07) is 16.4. The monoisotopic (exact) mass is 304 g/mol. The summed E-state index contributed by atoms with van der Waals surface area (Å²) < 4.78 is 0. The molecule has 0 saturated heterocycles. The molecule has 3 nitrogen and oxygen atoms in total. The first kappa shape index (κ1) is 16.3. The molecule has 2 aliphatic heterocycles. The quantitative estimate of drug-likeness (QED) is 0.755. The summed E-state index contributed by atoms with van der Waals surface area (Å²) in [5, 5.41) is 6.36. The van der Waals surface area contributed by atoms with E-state index < -0.39 is 0 Å². The number of para-hydroxylation sites is 2. The Morgan fingerprint density at radius 1 is 0.522 bits per heavy atom. The number of benzene rings is 2. The van der Waals surface area contributed by atoms with Crippen LogP contribution in [0.2, 0.25) is 0 Å². The number of hydrogen-bond donors (Lipinski definition) is 2. The summed E-state index contributed by atoms with van der Waals surface area (Å²) in [7, 11) is 0. The Bertz CT molecular complexity index is 692. The van der Waals surface area contributed by atoms with Gasteiger partial charge in [0.1, 0.15) is 0 Å². The zero-order valence-electron chi connectivity index (χ0n) is 12.7. The number of hydrogen-bond acceptors (Lipinski definition) is 2. The van der Waals surface area contributed by atoms with E-state index in [2.05, 4.69) is 47.1 Å². The molecule has 0 atom stereocenters. The van der Waals surface area contributed by atoms with E-state index in [1.807, 2.05) is 61.0 Å². The van der Waals surface area contributed by atoms with Crippen LogP contribution in [0.3, 0.4) is 0 Å². The molecular formula is C20H20N2O. The van der Waals surface area contributed by atoms with Crippen LogP contribution in [0.5, 0.6) is 0 Å². The molecule has 0 unspecified atom stereocenters. The maximum absolute atomic E-state index is 3.18. The Balaban J connectivity index is 0.000000160. The summed E-state index contributed by atoms with van der Waals surface area (Å²) in [5.41, 5.74) is 4.80. The van der Waals surface area contributed by atoms with E-state index in [0.29, 0.717) is 0 Å². The summed E-state index contributed by atoms with van der Waals surface area (Å²) in [6.07, 6.45) is 16.1. The second kappa shape index (κ2) is 8.41. The minimum absolute atomic E-state index is 0. The Hall–Kier alpha value is -3.04. The molecule has 23 heavy (non-hydrogen) atoms. The third-order valence-corrected chi connectivity index (χ3v) is 3.37. The second-order valence-corrected chi connectivity index (χ2v) is 4.90. The normalized spacial score (nSPS) is 12.9. The van der Waals surface area contributed by atoms with E-state index in [1.165, 1.54) is 11.1 Å². The Morgan fingerprint density at radius 2 is 0.957 bits per heavy atom. The van der Waals surface area contributed by atoms with Crippen molar-refractivity contribution in [2.75, 3.05) is 10.6 Å². The number of fused-ring (bicyclic) bond motifs is 2. The lowest BCUT2D eigenvalue weighted by atomic mass is 10.2. The fourth-order valence-electron chi connectivity index (χ4n) is 2.25. The molecule has 2 heterocycles. The fourth-order valence-corrected chi connectivity index (χ4v) is 2.25. The lowest BCUT2D eigenvalue weighted by Gasteiger charge is -2.01. The van der Waals surface area contributed by atoms with Crippen molar-refractivity contribution >= 4 is 23.5 Å². The van der Waals surface area contributed by atoms with Crippen molar-refractivity contribution in [3.63, 3.8) is 0 Å². The van der Waals surface area contributed by atoms with Gasteiger partial charge in [-0.25, -0.2) is 0 Å². The summed E-state index contributed by atoms with van der Waals surface area (Å²) in [4.78, 5) is 0. The van der Waals surface area contributed by atoms with Gasteiger partial charge in [0.05, 0.1) is 0 Å². The maximum atomic E-state index is 3.18. The molecule has 0 amide bonds.